The number of rotatable bonds is 6. The zero-order chi connectivity index (χ0) is 11.1. The first kappa shape index (κ1) is 12.9. The second-order valence-corrected chi connectivity index (χ2v) is 4.24. The number of hydrazine groups is 1. The van der Waals surface area contributed by atoms with E-state index in [1.54, 1.807) is 7.11 Å². The Hall–Kier alpha value is -0.160. The molecule has 1 heterocycles. The lowest BCUT2D eigenvalue weighted by molar-refractivity contribution is -0.112. The Morgan fingerprint density at radius 1 is 1.47 bits per heavy atom. The summed E-state index contributed by atoms with van der Waals surface area (Å²) in [6.07, 6.45) is 5.31. The van der Waals surface area contributed by atoms with E-state index in [-0.39, 0.29) is 11.6 Å². The van der Waals surface area contributed by atoms with Gasteiger partial charge >= 0.3 is 0 Å². The summed E-state index contributed by atoms with van der Waals surface area (Å²) < 4.78 is 11.1. The number of unbranched alkanes of at least 4 members (excludes halogenated alkanes) is 1. The van der Waals surface area contributed by atoms with Crippen LogP contribution in [-0.2, 0) is 9.47 Å². The molecule has 1 unspecified atom stereocenters. The molecule has 0 radical (unpaired) electrons. The zero-order valence-corrected chi connectivity index (χ0v) is 9.92. The van der Waals surface area contributed by atoms with E-state index in [0.717, 1.165) is 32.5 Å². The minimum Gasteiger partial charge on any atom is -0.381 e. The SMILES string of the molecule is CCCCC(NN)C1(OC)CCOCC1. The minimum atomic E-state index is -0.123. The van der Waals surface area contributed by atoms with Crippen molar-refractivity contribution in [1.82, 2.24) is 5.43 Å². The third-order valence-corrected chi connectivity index (χ3v) is 3.43. The number of hydrogen-bond donors (Lipinski definition) is 2. The van der Waals surface area contributed by atoms with Crippen LogP contribution in [0.2, 0.25) is 0 Å². The number of hydrogen-bond acceptors (Lipinski definition) is 4. The van der Waals surface area contributed by atoms with E-state index in [2.05, 4.69) is 12.3 Å². The molecular formula is C11H24N2O2. The number of nitrogens with two attached hydrogens (primary N) is 1. The molecule has 90 valence electrons. The van der Waals surface area contributed by atoms with Gasteiger partial charge in [-0.25, -0.2) is 0 Å². The topological polar surface area (TPSA) is 56.5 Å². The molecule has 1 fully saturated rings. The van der Waals surface area contributed by atoms with Crippen LogP contribution in [0.1, 0.15) is 39.0 Å². The van der Waals surface area contributed by atoms with Gasteiger partial charge in [0, 0.05) is 33.2 Å². The summed E-state index contributed by atoms with van der Waals surface area (Å²) in [5.41, 5.74) is 2.79. The number of nitrogens with one attached hydrogen (secondary N) is 1. The fourth-order valence-corrected chi connectivity index (χ4v) is 2.32. The Balaban J connectivity index is 2.58. The molecule has 1 atom stereocenters. The first-order valence-electron chi connectivity index (χ1n) is 5.88. The Bertz CT molecular complexity index is 170. The third-order valence-electron chi connectivity index (χ3n) is 3.43. The van der Waals surface area contributed by atoms with Gasteiger partial charge in [-0.15, -0.1) is 0 Å². The maximum Gasteiger partial charge on any atom is 0.0888 e. The Labute approximate surface area is 92.5 Å². The largest absolute Gasteiger partial charge is 0.381 e. The van der Waals surface area contributed by atoms with Crippen molar-refractivity contribution in [3.05, 3.63) is 0 Å². The molecule has 0 aromatic carbocycles. The monoisotopic (exact) mass is 216 g/mol. The Morgan fingerprint density at radius 3 is 2.60 bits per heavy atom. The van der Waals surface area contributed by atoms with Crippen LogP contribution in [0.5, 0.6) is 0 Å². The molecule has 1 aliphatic rings. The highest BCUT2D eigenvalue weighted by Gasteiger charge is 2.39. The van der Waals surface area contributed by atoms with Gasteiger partial charge in [0.2, 0.25) is 0 Å². The van der Waals surface area contributed by atoms with Crippen LogP contribution in [0, 0.1) is 0 Å². The molecule has 0 saturated carbocycles. The first-order chi connectivity index (χ1) is 7.29. The minimum absolute atomic E-state index is 0.123. The standard InChI is InChI=1S/C11H24N2O2/c1-3-4-5-10(13-12)11(14-2)6-8-15-9-7-11/h10,13H,3-9,12H2,1-2H3. The molecule has 1 rings (SSSR count). The molecule has 0 amide bonds. The molecule has 0 aromatic heterocycles. The van der Waals surface area contributed by atoms with Gasteiger partial charge in [0.1, 0.15) is 0 Å². The predicted octanol–water partition coefficient (Wildman–Crippen LogP) is 1.20. The average molecular weight is 216 g/mol. The highest BCUT2D eigenvalue weighted by Crippen LogP contribution is 2.30. The summed E-state index contributed by atoms with van der Waals surface area (Å²) >= 11 is 0. The van der Waals surface area contributed by atoms with E-state index < -0.39 is 0 Å². The lowest BCUT2D eigenvalue weighted by Gasteiger charge is -2.42. The lowest BCUT2D eigenvalue weighted by Crippen LogP contribution is -2.57. The molecule has 0 aliphatic carbocycles. The van der Waals surface area contributed by atoms with Gasteiger partial charge in [-0.3, -0.25) is 11.3 Å². The molecule has 3 N–H and O–H groups in total. The van der Waals surface area contributed by atoms with Crippen LogP contribution in [0.4, 0.5) is 0 Å². The van der Waals surface area contributed by atoms with Gasteiger partial charge in [-0.1, -0.05) is 19.8 Å². The van der Waals surface area contributed by atoms with E-state index in [1.165, 1.54) is 12.8 Å². The highest BCUT2D eigenvalue weighted by molar-refractivity contribution is 4.93. The van der Waals surface area contributed by atoms with Crippen LogP contribution < -0.4 is 11.3 Å². The maximum atomic E-state index is 5.71. The highest BCUT2D eigenvalue weighted by atomic mass is 16.5. The summed E-state index contributed by atoms with van der Waals surface area (Å²) in [4.78, 5) is 0. The van der Waals surface area contributed by atoms with Crippen molar-refractivity contribution in [3.8, 4) is 0 Å². The van der Waals surface area contributed by atoms with E-state index in [4.69, 9.17) is 15.3 Å². The Kier molecular flexibility index (Phi) is 5.53. The second kappa shape index (κ2) is 6.43. The normalized spacial score (nSPS) is 22.6. The fraction of sp³-hybridized carbons (Fsp3) is 1.00. The van der Waals surface area contributed by atoms with Crippen LogP contribution in [0.15, 0.2) is 0 Å². The van der Waals surface area contributed by atoms with E-state index in [9.17, 15) is 0 Å². The van der Waals surface area contributed by atoms with Gasteiger partial charge in [0.25, 0.3) is 0 Å². The predicted molar refractivity (Wildman–Crippen MR) is 60.4 cm³/mol. The molecule has 4 heteroatoms. The molecule has 1 saturated heterocycles. The van der Waals surface area contributed by atoms with Crippen LogP contribution >= 0.6 is 0 Å². The van der Waals surface area contributed by atoms with E-state index >= 15 is 0 Å². The van der Waals surface area contributed by atoms with Gasteiger partial charge in [0.05, 0.1) is 11.6 Å². The average Bonchev–Trinajstić information content (AvgIpc) is 2.31. The lowest BCUT2D eigenvalue weighted by atomic mass is 9.83. The van der Waals surface area contributed by atoms with Gasteiger partial charge in [-0.2, -0.15) is 0 Å². The van der Waals surface area contributed by atoms with Crippen LogP contribution in [0.25, 0.3) is 0 Å². The van der Waals surface area contributed by atoms with Crippen molar-refractivity contribution in [3.63, 3.8) is 0 Å². The molecule has 4 nitrogen and oxygen atoms in total. The summed E-state index contributed by atoms with van der Waals surface area (Å²) in [7, 11) is 1.78. The zero-order valence-electron chi connectivity index (χ0n) is 9.92. The molecule has 15 heavy (non-hydrogen) atoms. The first-order valence-corrected chi connectivity index (χ1v) is 5.88. The smallest absolute Gasteiger partial charge is 0.0888 e. The number of methoxy groups -OCH3 is 1. The summed E-state index contributed by atoms with van der Waals surface area (Å²) in [6.45, 7) is 3.74. The Morgan fingerprint density at radius 2 is 2.13 bits per heavy atom. The summed E-state index contributed by atoms with van der Waals surface area (Å²) in [5, 5.41) is 0. The molecule has 1 aliphatic heterocycles. The number of ether oxygens (including phenoxy) is 2. The quantitative estimate of drug-likeness (QED) is 0.517. The van der Waals surface area contributed by atoms with Crippen molar-refractivity contribution in [2.75, 3.05) is 20.3 Å². The van der Waals surface area contributed by atoms with Crippen molar-refractivity contribution >= 4 is 0 Å². The van der Waals surface area contributed by atoms with Crippen LogP contribution in [0.3, 0.4) is 0 Å². The molecular weight excluding hydrogens is 192 g/mol. The summed E-state index contributed by atoms with van der Waals surface area (Å²) in [5.74, 6) is 5.63. The second-order valence-electron chi connectivity index (χ2n) is 4.24. The van der Waals surface area contributed by atoms with E-state index in [1.807, 2.05) is 0 Å². The maximum absolute atomic E-state index is 5.71. The van der Waals surface area contributed by atoms with Crippen molar-refractivity contribution < 1.29 is 9.47 Å². The van der Waals surface area contributed by atoms with E-state index in [0.29, 0.717) is 0 Å². The van der Waals surface area contributed by atoms with Gasteiger partial charge < -0.3 is 9.47 Å². The summed E-state index contributed by atoms with van der Waals surface area (Å²) in [6, 6.07) is 0.242. The van der Waals surface area contributed by atoms with Gasteiger partial charge in [0.15, 0.2) is 0 Å². The molecule has 0 bridgehead atoms. The van der Waals surface area contributed by atoms with Crippen molar-refractivity contribution in [2.24, 2.45) is 5.84 Å². The van der Waals surface area contributed by atoms with Gasteiger partial charge in [-0.05, 0) is 6.42 Å². The van der Waals surface area contributed by atoms with Crippen molar-refractivity contribution in [2.45, 2.75) is 50.7 Å². The molecule has 0 aromatic rings. The molecule has 0 spiro atoms. The third kappa shape index (κ3) is 3.14. The van der Waals surface area contributed by atoms with Crippen LogP contribution in [-0.4, -0.2) is 32.0 Å². The van der Waals surface area contributed by atoms with Crippen molar-refractivity contribution in [1.29, 1.82) is 0 Å². The fourth-order valence-electron chi connectivity index (χ4n) is 2.32.